The van der Waals surface area contributed by atoms with Crippen LogP contribution in [0, 0.1) is 5.82 Å². The monoisotopic (exact) mass is 296 g/mol. The van der Waals surface area contributed by atoms with Crippen molar-refractivity contribution in [3.63, 3.8) is 0 Å². The smallest absolute Gasteiger partial charge is 0.175 e. The molecule has 20 heavy (non-hydrogen) atoms. The van der Waals surface area contributed by atoms with Gasteiger partial charge in [0.25, 0.3) is 0 Å². The fourth-order valence-corrected chi connectivity index (χ4v) is 2.62. The van der Waals surface area contributed by atoms with Gasteiger partial charge in [0.15, 0.2) is 9.84 Å². The summed E-state index contributed by atoms with van der Waals surface area (Å²) in [6.45, 7) is 3.29. The lowest BCUT2D eigenvalue weighted by molar-refractivity contribution is 0.600. The predicted molar refractivity (Wildman–Crippen MR) is 76.9 cm³/mol. The topological polar surface area (TPSA) is 51.1 Å². The number of benzene rings is 1. The van der Waals surface area contributed by atoms with E-state index < -0.39 is 15.7 Å². The molecule has 1 N–H and O–H groups in total. The van der Waals surface area contributed by atoms with Gasteiger partial charge in [0, 0.05) is 24.7 Å². The summed E-state index contributed by atoms with van der Waals surface area (Å²) in [6, 6.07) is 7.62. The summed E-state index contributed by atoms with van der Waals surface area (Å²) in [5.74, 6) is -0.466. The molecule has 108 valence electrons. The highest BCUT2D eigenvalue weighted by Crippen LogP contribution is 2.20. The molecule has 0 aliphatic heterocycles. The van der Waals surface area contributed by atoms with Crippen molar-refractivity contribution in [2.75, 3.05) is 11.6 Å². The van der Waals surface area contributed by atoms with Crippen LogP contribution in [-0.2, 0) is 22.9 Å². The number of hydrogen-bond acceptors (Lipinski definition) is 3. The summed E-state index contributed by atoms with van der Waals surface area (Å²) < 4.78 is 38.7. The van der Waals surface area contributed by atoms with Gasteiger partial charge in [-0.15, -0.1) is 0 Å². The Morgan fingerprint density at radius 3 is 2.70 bits per heavy atom. The molecular weight excluding hydrogens is 279 g/mol. The van der Waals surface area contributed by atoms with Crippen LogP contribution in [0.3, 0.4) is 0 Å². The standard InChI is InChI=1S/C14H17FN2O2S/c1-3-17-8-4-5-11(17)10-16-14-9-12(20(2,18)19)6-7-13(14)15/h4-9,16H,3,10H2,1-2H3. The Bertz CT molecular complexity index is 708. The van der Waals surface area contributed by atoms with E-state index in [9.17, 15) is 12.8 Å². The fourth-order valence-electron chi connectivity index (χ4n) is 1.97. The van der Waals surface area contributed by atoms with E-state index in [2.05, 4.69) is 5.32 Å². The van der Waals surface area contributed by atoms with Crippen LogP contribution in [-0.4, -0.2) is 19.2 Å². The van der Waals surface area contributed by atoms with E-state index in [0.717, 1.165) is 24.6 Å². The van der Waals surface area contributed by atoms with E-state index in [4.69, 9.17) is 0 Å². The van der Waals surface area contributed by atoms with Crippen LogP contribution in [0.15, 0.2) is 41.4 Å². The molecule has 0 atom stereocenters. The maximum Gasteiger partial charge on any atom is 0.175 e. The van der Waals surface area contributed by atoms with E-state index in [1.54, 1.807) is 0 Å². The van der Waals surface area contributed by atoms with Gasteiger partial charge >= 0.3 is 0 Å². The Morgan fingerprint density at radius 2 is 2.05 bits per heavy atom. The second-order valence-electron chi connectivity index (χ2n) is 4.55. The third-order valence-corrected chi connectivity index (χ3v) is 4.20. The molecule has 6 heteroatoms. The highest BCUT2D eigenvalue weighted by Gasteiger charge is 2.11. The zero-order valence-electron chi connectivity index (χ0n) is 11.4. The summed E-state index contributed by atoms with van der Waals surface area (Å²) in [6.07, 6.45) is 3.05. The van der Waals surface area contributed by atoms with Gasteiger partial charge < -0.3 is 9.88 Å². The third-order valence-electron chi connectivity index (χ3n) is 3.09. The average molecular weight is 296 g/mol. The molecule has 0 spiro atoms. The largest absolute Gasteiger partial charge is 0.377 e. The molecule has 0 saturated heterocycles. The fraction of sp³-hybridized carbons (Fsp3) is 0.286. The molecule has 1 aromatic carbocycles. The summed E-state index contributed by atoms with van der Waals surface area (Å²) in [4.78, 5) is 0.104. The van der Waals surface area contributed by atoms with Crippen molar-refractivity contribution < 1.29 is 12.8 Å². The van der Waals surface area contributed by atoms with Gasteiger partial charge in [0.2, 0.25) is 0 Å². The molecule has 0 saturated carbocycles. The van der Waals surface area contributed by atoms with E-state index in [0.29, 0.717) is 6.54 Å². The third kappa shape index (κ3) is 3.19. The van der Waals surface area contributed by atoms with Crippen molar-refractivity contribution in [1.82, 2.24) is 4.57 Å². The minimum Gasteiger partial charge on any atom is -0.377 e. The molecule has 0 bridgehead atoms. The van der Waals surface area contributed by atoms with Gasteiger partial charge in [-0.05, 0) is 37.3 Å². The summed E-state index contributed by atoms with van der Waals surface area (Å²) in [5.41, 5.74) is 1.20. The number of rotatable bonds is 5. The maximum absolute atomic E-state index is 13.7. The first-order valence-electron chi connectivity index (χ1n) is 6.29. The first-order valence-corrected chi connectivity index (χ1v) is 8.18. The van der Waals surface area contributed by atoms with Gasteiger partial charge in [-0.3, -0.25) is 0 Å². The van der Waals surface area contributed by atoms with Crippen LogP contribution in [0.5, 0.6) is 0 Å². The highest BCUT2D eigenvalue weighted by molar-refractivity contribution is 7.90. The minimum absolute atomic E-state index is 0.104. The van der Waals surface area contributed by atoms with Crippen molar-refractivity contribution in [3.05, 3.63) is 48.0 Å². The Balaban J connectivity index is 2.21. The van der Waals surface area contributed by atoms with Crippen LogP contribution in [0.4, 0.5) is 10.1 Å². The molecule has 0 unspecified atom stereocenters. The van der Waals surface area contributed by atoms with E-state index in [1.807, 2.05) is 29.8 Å². The average Bonchev–Trinajstić information content (AvgIpc) is 2.83. The number of hydrogen-bond donors (Lipinski definition) is 1. The number of nitrogens with zero attached hydrogens (tertiary/aromatic N) is 1. The van der Waals surface area contributed by atoms with E-state index in [-0.39, 0.29) is 10.6 Å². The van der Waals surface area contributed by atoms with Crippen molar-refractivity contribution in [2.24, 2.45) is 0 Å². The van der Waals surface area contributed by atoms with Crippen molar-refractivity contribution in [2.45, 2.75) is 24.9 Å². The van der Waals surface area contributed by atoms with Crippen LogP contribution >= 0.6 is 0 Å². The molecule has 0 aliphatic rings. The van der Waals surface area contributed by atoms with Crippen LogP contribution in [0.1, 0.15) is 12.6 Å². The summed E-state index contributed by atoms with van der Waals surface area (Å²) in [5, 5.41) is 2.94. The SMILES string of the molecule is CCn1cccc1CNc1cc(S(C)(=O)=O)ccc1F. The number of halogens is 1. The van der Waals surface area contributed by atoms with Gasteiger partial charge in [0.05, 0.1) is 17.1 Å². The number of nitrogens with one attached hydrogen (secondary N) is 1. The quantitative estimate of drug-likeness (QED) is 0.863. The first kappa shape index (κ1) is 14.6. The van der Waals surface area contributed by atoms with Crippen LogP contribution in [0.2, 0.25) is 0 Å². The highest BCUT2D eigenvalue weighted by atomic mass is 32.2. The number of anilines is 1. The Kier molecular flexibility index (Phi) is 4.13. The summed E-state index contributed by atoms with van der Waals surface area (Å²) >= 11 is 0. The first-order chi connectivity index (χ1) is 9.41. The lowest BCUT2D eigenvalue weighted by Crippen LogP contribution is -2.08. The number of aryl methyl sites for hydroxylation is 1. The van der Waals surface area contributed by atoms with E-state index in [1.165, 1.54) is 12.1 Å². The molecule has 0 amide bonds. The second kappa shape index (κ2) is 5.66. The minimum atomic E-state index is -3.34. The number of aromatic nitrogens is 1. The Morgan fingerprint density at radius 1 is 1.30 bits per heavy atom. The molecular formula is C14H17FN2O2S. The van der Waals surface area contributed by atoms with Gasteiger partial charge in [-0.2, -0.15) is 0 Å². The number of sulfone groups is 1. The van der Waals surface area contributed by atoms with Gasteiger partial charge in [-0.25, -0.2) is 12.8 Å². The Labute approximate surface area is 118 Å². The molecule has 0 radical (unpaired) electrons. The molecule has 1 heterocycles. The molecule has 0 aliphatic carbocycles. The molecule has 2 aromatic rings. The lowest BCUT2D eigenvalue weighted by atomic mass is 10.3. The lowest BCUT2D eigenvalue weighted by Gasteiger charge is -2.11. The zero-order valence-corrected chi connectivity index (χ0v) is 12.2. The Hall–Kier alpha value is -1.82. The van der Waals surface area contributed by atoms with Crippen molar-refractivity contribution in [1.29, 1.82) is 0 Å². The molecule has 1 aromatic heterocycles. The molecule has 4 nitrogen and oxygen atoms in total. The van der Waals surface area contributed by atoms with Gasteiger partial charge in [-0.1, -0.05) is 0 Å². The van der Waals surface area contributed by atoms with Crippen molar-refractivity contribution >= 4 is 15.5 Å². The van der Waals surface area contributed by atoms with Crippen LogP contribution < -0.4 is 5.32 Å². The van der Waals surface area contributed by atoms with E-state index >= 15 is 0 Å². The molecule has 2 rings (SSSR count). The maximum atomic E-state index is 13.7. The van der Waals surface area contributed by atoms with Crippen LogP contribution in [0.25, 0.3) is 0 Å². The zero-order chi connectivity index (χ0) is 14.8. The normalized spacial score (nSPS) is 11.6. The predicted octanol–water partition coefficient (Wildman–Crippen LogP) is 2.66. The second-order valence-corrected chi connectivity index (χ2v) is 6.57. The molecule has 0 fully saturated rings. The van der Waals surface area contributed by atoms with Crippen molar-refractivity contribution in [3.8, 4) is 0 Å². The van der Waals surface area contributed by atoms with Gasteiger partial charge in [0.1, 0.15) is 5.82 Å². The summed E-state index contributed by atoms with van der Waals surface area (Å²) in [7, 11) is -3.34.